The van der Waals surface area contributed by atoms with Crippen LogP contribution in [0.2, 0.25) is 0 Å². The zero-order chi connectivity index (χ0) is 18.7. The highest BCUT2D eigenvalue weighted by Crippen LogP contribution is 2.31. The molecule has 1 aromatic heterocycles. The third kappa shape index (κ3) is 3.85. The van der Waals surface area contributed by atoms with Crippen molar-refractivity contribution in [2.45, 2.75) is 39.2 Å². The van der Waals surface area contributed by atoms with Crippen molar-refractivity contribution in [3.05, 3.63) is 59.6 Å². The molecule has 0 aromatic carbocycles. The summed E-state index contributed by atoms with van der Waals surface area (Å²) in [7, 11) is 0. The highest BCUT2D eigenvalue weighted by atomic mass is 16.7. The predicted molar refractivity (Wildman–Crippen MR) is 95.4 cm³/mol. The van der Waals surface area contributed by atoms with Gasteiger partial charge in [-0.2, -0.15) is 0 Å². The Kier molecular flexibility index (Phi) is 5.21. The summed E-state index contributed by atoms with van der Waals surface area (Å²) in [6, 6.07) is 3.11. The van der Waals surface area contributed by atoms with Gasteiger partial charge >= 0.3 is 11.9 Å². The quantitative estimate of drug-likeness (QED) is 0.355. The predicted octanol–water partition coefficient (Wildman–Crippen LogP) is 3.97. The summed E-state index contributed by atoms with van der Waals surface area (Å²) in [6.07, 6.45) is 6.62. The lowest BCUT2D eigenvalue weighted by Crippen LogP contribution is -2.21. The third-order valence-electron chi connectivity index (χ3n) is 4.63. The Morgan fingerprint density at radius 1 is 1.38 bits per heavy atom. The summed E-state index contributed by atoms with van der Waals surface area (Å²) in [4.78, 5) is 29.0. The fourth-order valence-electron chi connectivity index (χ4n) is 3.02. The van der Waals surface area contributed by atoms with Gasteiger partial charge in [0.05, 0.1) is 12.0 Å². The summed E-state index contributed by atoms with van der Waals surface area (Å²) >= 11 is 0. The monoisotopic (exact) mass is 355 g/mol. The molecule has 2 heterocycles. The molecule has 0 saturated heterocycles. The number of carbonyl (C=O) groups excluding carboxylic acids is 2. The molecule has 136 valence electrons. The average molecular weight is 355 g/mol. The van der Waals surface area contributed by atoms with Crippen molar-refractivity contribution < 1.29 is 23.6 Å². The smallest absolute Gasteiger partial charge is 0.400 e. The van der Waals surface area contributed by atoms with Crippen LogP contribution in [0.4, 0.5) is 0 Å². The Morgan fingerprint density at radius 2 is 2.19 bits per heavy atom. The van der Waals surface area contributed by atoms with Gasteiger partial charge in [-0.15, -0.1) is 0 Å². The van der Waals surface area contributed by atoms with E-state index in [1.807, 2.05) is 26.0 Å². The Labute approximate surface area is 151 Å². The Morgan fingerprint density at radius 3 is 2.88 bits per heavy atom. The maximum absolute atomic E-state index is 12.1. The lowest BCUT2D eigenvalue weighted by molar-refractivity contribution is -0.141. The first-order valence-corrected chi connectivity index (χ1v) is 8.51. The lowest BCUT2D eigenvalue weighted by Gasteiger charge is -2.21. The van der Waals surface area contributed by atoms with Gasteiger partial charge in [0.15, 0.2) is 0 Å². The fraction of sp³-hybridized carbons (Fsp3) is 0.350. The van der Waals surface area contributed by atoms with Crippen LogP contribution in [0.5, 0.6) is 0 Å². The highest BCUT2D eigenvalue weighted by Gasteiger charge is 2.32. The number of carbonyl (C=O) groups is 2. The molecule has 2 atom stereocenters. The molecule has 1 aromatic rings. The van der Waals surface area contributed by atoms with Crippen LogP contribution in [0.1, 0.15) is 43.7 Å². The van der Waals surface area contributed by atoms with E-state index < -0.39 is 5.97 Å². The molecule has 0 radical (unpaired) electrons. The molecule has 2 bridgehead atoms. The molecular formula is C20H21NO5. The number of hydrogen-bond acceptors (Lipinski definition) is 6. The second kappa shape index (κ2) is 7.56. The number of hydrogen-bond donors (Lipinski definition) is 0. The first-order valence-electron chi connectivity index (χ1n) is 8.51. The van der Waals surface area contributed by atoms with Crippen molar-refractivity contribution in [2.75, 3.05) is 0 Å². The average Bonchev–Trinajstić information content (AvgIpc) is 3.24. The molecule has 3 rings (SSSR count). The summed E-state index contributed by atoms with van der Waals surface area (Å²) in [5, 5.41) is 4.01. The van der Waals surface area contributed by atoms with E-state index in [1.165, 1.54) is 12.3 Å². The summed E-state index contributed by atoms with van der Waals surface area (Å²) < 4.78 is 10.5. The normalized spacial score (nSPS) is 26.5. The Balaban J connectivity index is 1.82. The van der Waals surface area contributed by atoms with Crippen molar-refractivity contribution in [2.24, 2.45) is 11.1 Å². The van der Waals surface area contributed by atoms with Crippen LogP contribution in [0, 0.1) is 5.92 Å². The van der Waals surface area contributed by atoms with Gasteiger partial charge in [0, 0.05) is 11.5 Å². The zero-order valence-electron chi connectivity index (χ0n) is 14.9. The zero-order valence-corrected chi connectivity index (χ0v) is 14.9. The molecule has 0 saturated carbocycles. The van der Waals surface area contributed by atoms with Crippen LogP contribution < -0.4 is 0 Å². The molecule has 6 heteroatoms. The number of rotatable bonds is 3. The van der Waals surface area contributed by atoms with Gasteiger partial charge in [-0.3, -0.25) is 0 Å². The number of fused-ring (bicyclic) bond motifs is 1. The van der Waals surface area contributed by atoms with Crippen molar-refractivity contribution in [1.82, 2.24) is 0 Å². The maximum Gasteiger partial charge on any atom is 0.400 e. The van der Waals surface area contributed by atoms with E-state index in [0.29, 0.717) is 30.5 Å². The summed E-state index contributed by atoms with van der Waals surface area (Å²) in [5.41, 5.74) is 3.09. The Hall–Kier alpha value is -2.89. The number of oxime groups is 1. The minimum atomic E-state index is -0.660. The van der Waals surface area contributed by atoms with Crippen molar-refractivity contribution in [3.8, 4) is 0 Å². The molecule has 2 aliphatic rings. The first kappa shape index (κ1) is 17.9. The largest absolute Gasteiger partial charge is 0.457 e. The standard InChI is InChI=1S/C20H21NO5/c1-12(2)15-8-6-13(3)16(9-7-14-11-18(15)25-19(14)22)21-26-20(23)17-5-4-10-24-17/h4-6,10-11,15,18H,1,7-9H2,2-3H3/b13-6+,21-16-/t15-,18-/m0/s1. The van der Waals surface area contributed by atoms with Crippen LogP contribution >= 0.6 is 0 Å². The van der Waals surface area contributed by atoms with E-state index in [4.69, 9.17) is 14.0 Å². The molecule has 1 aliphatic carbocycles. The number of esters is 1. The Bertz CT molecular complexity index is 813. The summed E-state index contributed by atoms with van der Waals surface area (Å²) in [5.74, 6) is -0.862. The maximum atomic E-state index is 12.1. The second-order valence-corrected chi connectivity index (χ2v) is 6.53. The molecule has 6 nitrogen and oxygen atoms in total. The van der Waals surface area contributed by atoms with E-state index >= 15 is 0 Å². The van der Waals surface area contributed by atoms with E-state index in [9.17, 15) is 9.59 Å². The second-order valence-electron chi connectivity index (χ2n) is 6.53. The highest BCUT2D eigenvalue weighted by molar-refractivity contribution is 6.01. The van der Waals surface area contributed by atoms with Gasteiger partial charge in [-0.05, 0) is 56.9 Å². The SMILES string of the molecule is C=C(C)[C@@H]1C/C=C(C)/C(=N\OC(=O)c2ccco2)CCC2=C[C@@H]1OC2=O. The topological polar surface area (TPSA) is 78.1 Å². The van der Waals surface area contributed by atoms with Crippen molar-refractivity contribution >= 4 is 17.7 Å². The van der Waals surface area contributed by atoms with Crippen LogP contribution in [0.15, 0.2) is 63.4 Å². The van der Waals surface area contributed by atoms with E-state index in [2.05, 4.69) is 11.7 Å². The van der Waals surface area contributed by atoms with Crippen molar-refractivity contribution in [1.29, 1.82) is 0 Å². The lowest BCUT2D eigenvalue weighted by atomic mass is 9.88. The summed E-state index contributed by atoms with van der Waals surface area (Å²) in [6.45, 7) is 7.86. The van der Waals surface area contributed by atoms with E-state index in [0.717, 1.165) is 11.1 Å². The van der Waals surface area contributed by atoms with Crippen molar-refractivity contribution in [3.63, 3.8) is 0 Å². The molecule has 1 aliphatic heterocycles. The van der Waals surface area contributed by atoms with Gasteiger partial charge in [0.2, 0.25) is 5.76 Å². The van der Waals surface area contributed by atoms with Crippen LogP contribution in [-0.2, 0) is 14.4 Å². The minimum Gasteiger partial charge on any atom is -0.457 e. The molecule has 0 fully saturated rings. The molecule has 0 unspecified atom stereocenters. The molecule has 0 amide bonds. The molecule has 0 spiro atoms. The number of nitrogens with zero attached hydrogens (tertiary/aromatic N) is 1. The van der Waals surface area contributed by atoms with Crippen LogP contribution in [0.25, 0.3) is 0 Å². The fourth-order valence-corrected chi connectivity index (χ4v) is 3.02. The van der Waals surface area contributed by atoms with E-state index in [1.54, 1.807) is 6.07 Å². The van der Waals surface area contributed by atoms with Gasteiger partial charge in [-0.25, -0.2) is 9.59 Å². The van der Waals surface area contributed by atoms with Gasteiger partial charge in [-0.1, -0.05) is 23.4 Å². The number of ether oxygens (including phenoxy) is 1. The molecular weight excluding hydrogens is 334 g/mol. The van der Waals surface area contributed by atoms with Crippen LogP contribution in [0.3, 0.4) is 0 Å². The van der Waals surface area contributed by atoms with Crippen LogP contribution in [-0.4, -0.2) is 23.8 Å². The van der Waals surface area contributed by atoms with Gasteiger partial charge in [0.1, 0.15) is 6.10 Å². The first-order chi connectivity index (χ1) is 12.5. The number of furan rings is 1. The van der Waals surface area contributed by atoms with E-state index in [-0.39, 0.29) is 23.8 Å². The molecule has 0 N–H and O–H groups in total. The van der Waals surface area contributed by atoms with Gasteiger partial charge < -0.3 is 14.0 Å². The third-order valence-corrected chi connectivity index (χ3v) is 4.63. The molecule has 26 heavy (non-hydrogen) atoms. The number of allylic oxidation sites excluding steroid dienone is 2. The van der Waals surface area contributed by atoms with Gasteiger partial charge in [0.25, 0.3) is 0 Å². The minimum absolute atomic E-state index is 0.0106.